The van der Waals surface area contributed by atoms with Crippen molar-refractivity contribution in [3.05, 3.63) is 22.6 Å². The van der Waals surface area contributed by atoms with E-state index in [1.165, 1.54) is 6.07 Å². The van der Waals surface area contributed by atoms with Crippen molar-refractivity contribution in [3.63, 3.8) is 0 Å². The topological polar surface area (TPSA) is 78.0 Å². The highest BCUT2D eigenvalue weighted by atomic mass is 16.3. The maximum atomic E-state index is 10.9. The molecule has 1 saturated carbocycles. The molecular weight excluding hydrogens is 194 g/mol. The molecule has 0 aromatic carbocycles. The van der Waals surface area contributed by atoms with Gasteiger partial charge in [0, 0.05) is 18.5 Å². The molecule has 3 N–H and O–H groups in total. The molecule has 15 heavy (non-hydrogen) atoms. The second-order valence-electron chi connectivity index (χ2n) is 3.97. The van der Waals surface area contributed by atoms with Crippen molar-refractivity contribution >= 4 is 5.69 Å². The van der Waals surface area contributed by atoms with Crippen LogP contribution in [0.1, 0.15) is 19.3 Å². The number of aromatic nitrogens is 2. The Bertz CT molecular complexity index is 377. The molecule has 2 unspecified atom stereocenters. The Kier molecular flexibility index (Phi) is 3.01. The number of rotatable bonds is 3. The van der Waals surface area contributed by atoms with Crippen LogP contribution in [0.2, 0.25) is 0 Å². The van der Waals surface area contributed by atoms with Gasteiger partial charge in [0.05, 0.1) is 18.0 Å². The first-order valence-electron chi connectivity index (χ1n) is 5.22. The van der Waals surface area contributed by atoms with Gasteiger partial charge in [0.1, 0.15) is 0 Å². The van der Waals surface area contributed by atoms with Gasteiger partial charge in [0.25, 0.3) is 5.56 Å². The van der Waals surface area contributed by atoms with E-state index < -0.39 is 0 Å². The zero-order chi connectivity index (χ0) is 10.7. The minimum atomic E-state index is -0.216. The fourth-order valence-corrected chi connectivity index (χ4v) is 1.98. The van der Waals surface area contributed by atoms with E-state index >= 15 is 0 Å². The van der Waals surface area contributed by atoms with Crippen molar-refractivity contribution in [2.24, 2.45) is 5.92 Å². The Morgan fingerprint density at radius 3 is 3.13 bits per heavy atom. The van der Waals surface area contributed by atoms with E-state index in [4.69, 9.17) is 0 Å². The molecular formula is C10H15N3O2. The fraction of sp³-hybridized carbons (Fsp3) is 0.600. The van der Waals surface area contributed by atoms with Crippen molar-refractivity contribution in [1.29, 1.82) is 0 Å². The van der Waals surface area contributed by atoms with Crippen LogP contribution in [0.25, 0.3) is 0 Å². The smallest absolute Gasteiger partial charge is 0.266 e. The molecule has 0 radical (unpaired) electrons. The van der Waals surface area contributed by atoms with Crippen molar-refractivity contribution in [2.75, 3.05) is 11.9 Å². The van der Waals surface area contributed by atoms with Crippen LogP contribution in [-0.2, 0) is 0 Å². The minimum absolute atomic E-state index is 0.201. The predicted molar refractivity (Wildman–Crippen MR) is 56.7 cm³/mol. The second kappa shape index (κ2) is 4.44. The number of aromatic amines is 1. The van der Waals surface area contributed by atoms with Gasteiger partial charge >= 0.3 is 0 Å². The number of aliphatic hydroxyl groups excluding tert-OH is 1. The predicted octanol–water partition coefficient (Wildman–Crippen LogP) is 0.343. The van der Waals surface area contributed by atoms with Crippen molar-refractivity contribution in [3.8, 4) is 0 Å². The number of nitrogens with one attached hydrogen (secondary N) is 2. The number of H-pyrrole nitrogens is 1. The van der Waals surface area contributed by atoms with E-state index in [1.807, 2.05) is 0 Å². The summed E-state index contributed by atoms with van der Waals surface area (Å²) in [6.07, 6.45) is 4.39. The summed E-state index contributed by atoms with van der Waals surface area (Å²) < 4.78 is 0. The van der Waals surface area contributed by atoms with Crippen LogP contribution in [-0.4, -0.2) is 28.0 Å². The minimum Gasteiger partial charge on any atom is -0.393 e. The Labute approximate surface area is 87.5 Å². The van der Waals surface area contributed by atoms with Gasteiger partial charge in [0.15, 0.2) is 0 Å². The first kappa shape index (κ1) is 10.2. The summed E-state index contributed by atoms with van der Waals surface area (Å²) in [6, 6.07) is 1.47. The van der Waals surface area contributed by atoms with E-state index in [0.29, 0.717) is 18.2 Å². The van der Waals surface area contributed by atoms with Gasteiger partial charge in [-0.3, -0.25) is 4.79 Å². The maximum Gasteiger partial charge on any atom is 0.266 e. The van der Waals surface area contributed by atoms with Gasteiger partial charge in [-0.25, -0.2) is 5.10 Å². The summed E-state index contributed by atoms with van der Waals surface area (Å²) in [6.45, 7) is 0.701. The second-order valence-corrected chi connectivity index (χ2v) is 3.97. The SMILES string of the molecule is O=c1cc(NCC2CCCC2O)cn[nH]1. The van der Waals surface area contributed by atoms with Gasteiger partial charge in [0.2, 0.25) is 0 Å². The molecule has 1 aromatic heterocycles. The van der Waals surface area contributed by atoms with Crippen molar-refractivity contribution in [1.82, 2.24) is 10.2 Å². The van der Waals surface area contributed by atoms with Crippen LogP contribution >= 0.6 is 0 Å². The molecule has 5 nitrogen and oxygen atoms in total. The molecule has 0 saturated heterocycles. The quantitative estimate of drug-likeness (QED) is 0.671. The Balaban J connectivity index is 1.90. The molecule has 2 atom stereocenters. The normalized spacial score (nSPS) is 25.4. The average molecular weight is 209 g/mol. The standard InChI is InChI=1S/C10H15N3O2/c14-9-3-1-2-7(9)5-11-8-4-10(15)13-12-6-8/h4,6-7,9,14H,1-3,5H2,(H2,11,13,15). The molecule has 5 heteroatoms. The summed E-state index contributed by atoms with van der Waals surface area (Å²) in [5.74, 6) is 0.296. The van der Waals surface area contributed by atoms with Crippen molar-refractivity contribution in [2.45, 2.75) is 25.4 Å². The molecule has 0 aliphatic heterocycles. The molecule has 0 amide bonds. The summed E-state index contributed by atoms with van der Waals surface area (Å²) in [7, 11) is 0. The first-order chi connectivity index (χ1) is 7.25. The average Bonchev–Trinajstić information content (AvgIpc) is 2.61. The van der Waals surface area contributed by atoms with Crippen molar-refractivity contribution < 1.29 is 5.11 Å². The third-order valence-corrected chi connectivity index (χ3v) is 2.85. The number of anilines is 1. The first-order valence-corrected chi connectivity index (χ1v) is 5.22. The molecule has 1 aromatic rings. The van der Waals surface area contributed by atoms with Crippen LogP contribution in [0.4, 0.5) is 5.69 Å². The van der Waals surface area contributed by atoms with E-state index in [9.17, 15) is 9.90 Å². The molecule has 2 rings (SSSR count). The van der Waals surface area contributed by atoms with Gasteiger partial charge in [-0.2, -0.15) is 5.10 Å². The molecule has 1 fully saturated rings. The van der Waals surface area contributed by atoms with Gasteiger partial charge in [-0.15, -0.1) is 0 Å². The van der Waals surface area contributed by atoms with Gasteiger partial charge in [-0.1, -0.05) is 6.42 Å². The van der Waals surface area contributed by atoms with E-state index in [1.54, 1.807) is 6.20 Å². The Morgan fingerprint density at radius 1 is 1.60 bits per heavy atom. The number of hydrogen-bond donors (Lipinski definition) is 3. The maximum absolute atomic E-state index is 10.9. The zero-order valence-corrected chi connectivity index (χ0v) is 8.44. The van der Waals surface area contributed by atoms with Crippen LogP contribution in [0.5, 0.6) is 0 Å². The van der Waals surface area contributed by atoms with E-state index in [0.717, 1.165) is 19.3 Å². The highest BCUT2D eigenvalue weighted by Gasteiger charge is 2.24. The summed E-state index contributed by atoms with van der Waals surface area (Å²) in [5.41, 5.74) is 0.491. The molecule has 82 valence electrons. The largest absolute Gasteiger partial charge is 0.393 e. The fourth-order valence-electron chi connectivity index (χ4n) is 1.98. The van der Waals surface area contributed by atoms with E-state index in [2.05, 4.69) is 15.5 Å². The zero-order valence-electron chi connectivity index (χ0n) is 8.44. The lowest BCUT2D eigenvalue weighted by molar-refractivity contribution is 0.138. The molecule has 1 aliphatic carbocycles. The van der Waals surface area contributed by atoms with Crippen LogP contribution in [0.15, 0.2) is 17.1 Å². The van der Waals surface area contributed by atoms with Gasteiger partial charge in [-0.05, 0) is 12.8 Å². The lowest BCUT2D eigenvalue weighted by Gasteiger charge is -2.15. The van der Waals surface area contributed by atoms with Gasteiger partial charge < -0.3 is 10.4 Å². The number of hydrogen-bond acceptors (Lipinski definition) is 4. The lowest BCUT2D eigenvalue weighted by atomic mass is 10.1. The molecule has 1 heterocycles. The number of nitrogens with zero attached hydrogens (tertiary/aromatic N) is 1. The van der Waals surface area contributed by atoms with Crippen LogP contribution < -0.4 is 10.9 Å². The Morgan fingerprint density at radius 2 is 2.47 bits per heavy atom. The lowest BCUT2D eigenvalue weighted by Crippen LogP contribution is -2.22. The monoisotopic (exact) mass is 209 g/mol. The summed E-state index contributed by atoms with van der Waals surface area (Å²) in [5, 5.41) is 18.7. The molecule has 0 bridgehead atoms. The molecule has 0 spiro atoms. The summed E-state index contributed by atoms with van der Waals surface area (Å²) in [4.78, 5) is 10.9. The Hall–Kier alpha value is -1.36. The summed E-state index contributed by atoms with van der Waals surface area (Å²) >= 11 is 0. The van der Waals surface area contributed by atoms with Crippen LogP contribution in [0, 0.1) is 5.92 Å². The number of aliphatic hydroxyl groups is 1. The highest BCUT2D eigenvalue weighted by molar-refractivity contribution is 5.38. The van der Waals surface area contributed by atoms with E-state index in [-0.39, 0.29) is 11.7 Å². The highest BCUT2D eigenvalue weighted by Crippen LogP contribution is 2.25. The van der Waals surface area contributed by atoms with Crippen LogP contribution in [0.3, 0.4) is 0 Å². The molecule has 1 aliphatic rings. The third-order valence-electron chi connectivity index (χ3n) is 2.85. The third kappa shape index (κ3) is 2.56.